The summed E-state index contributed by atoms with van der Waals surface area (Å²) in [4.78, 5) is 10.7. The summed E-state index contributed by atoms with van der Waals surface area (Å²) in [6.45, 7) is 0. The first kappa shape index (κ1) is 12.3. The molecular formula is C16H13N3O. The van der Waals surface area contributed by atoms with Crippen LogP contribution in [0.2, 0.25) is 0 Å². The van der Waals surface area contributed by atoms with Gasteiger partial charge in [0.25, 0.3) is 0 Å². The predicted molar refractivity (Wildman–Crippen MR) is 76.0 cm³/mol. The third-order valence-electron chi connectivity index (χ3n) is 3.11. The second-order valence-electron chi connectivity index (χ2n) is 4.50. The van der Waals surface area contributed by atoms with E-state index in [-0.39, 0.29) is 0 Å². The van der Waals surface area contributed by atoms with E-state index < -0.39 is 0 Å². The molecule has 0 N–H and O–H groups in total. The van der Waals surface area contributed by atoms with Crippen molar-refractivity contribution in [2.45, 2.75) is 6.42 Å². The number of aldehydes is 1. The fourth-order valence-corrected chi connectivity index (χ4v) is 2.15. The van der Waals surface area contributed by atoms with Crippen LogP contribution in [-0.4, -0.2) is 21.3 Å². The monoisotopic (exact) mass is 263 g/mol. The van der Waals surface area contributed by atoms with Gasteiger partial charge in [-0.1, -0.05) is 53.7 Å². The maximum atomic E-state index is 10.7. The van der Waals surface area contributed by atoms with Gasteiger partial charge in [0.15, 0.2) is 6.29 Å². The number of aromatic nitrogens is 3. The molecule has 4 nitrogen and oxygen atoms in total. The van der Waals surface area contributed by atoms with Crippen LogP contribution in [0.4, 0.5) is 0 Å². The third kappa shape index (κ3) is 2.49. The average molecular weight is 263 g/mol. The first-order chi connectivity index (χ1) is 9.86. The van der Waals surface area contributed by atoms with Gasteiger partial charge in [-0.15, -0.1) is 5.10 Å². The molecule has 0 atom stereocenters. The van der Waals surface area contributed by atoms with Gasteiger partial charge in [0.05, 0.1) is 11.9 Å². The predicted octanol–water partition coefficient (Wildman–Crippen LogP) is 2.67. The van der Waals surface area contributed by atoms with Crippen LogP contribution >= 0.6 is 0 Å². The number of hydrogen-bond donors (Lipinski definition) is 0. The number of carbonyl (C=O) groups is 1. The van der Waals surface area contributed by atoms with Gasteiger partial charge in [-0.3, -0.25) is 4.79 Å². The molecule has 0 aliphatic rings. The smallest absolute Gasteiger partial charge is 0.171 e. The lowest BCUT2D eigenvalue weighted by Crippen LogP contribution is -2.01. The van der Waals surface area contributed by atoms with Gasteiger partial charge >= 0.3 is 0 Å². The maximum Gasteiger partial charge on any atom is 0.171 e. The van der Waals surface area contributed by atoms with Crippen molar-refractivity contribution in [2.24, 2.45) is 0 Å². The number of nitrogens with zero attached hydrogens (tertiary/aromatic N) is 3. The van der Waals surface area contributed by atoms with Crippen molar-refractivity contribution in [3.05, 3.63) is 77.6 Å². The lowest BCUT2D eigenvalue weighted by atomic mass is 10.0. The van der Waals surface area contributed by atoms with Gasteiger partial charge in [0.1, 0.15) is 5.69 Å². The minimum atomic E-state index is 0.333. The quantitative estimate of drug-likeness (QED) is 0.680. The molecule has 0 fully saturated rings. The lowest BCUT2D eigenvalue weighted by Gasteiger charge is -2.08. The number of carbonyl (C=O) groups excluding carboxylic acids is 1. The van der Waals surface area contributed by atoms with Crippen LogP contribution in [0.3, 0.4) is 0 Å². The standard InChI is InChI=1S/C16H13N3O/c20-12-15-11-19(18-17-15)16-9-5-4-8-14(16)10-13-6-2-1-3-7-13/h1-9,11-12H,10H2. The largest absolute Gasteiger partial charge is 0.296 e. The van der Waals surface area contributed by atoms with Gasteiger partial charge in [-0.05, 0) is 23.6 Å². The van der Waals surface area contributed by atoms with E-state index >= 15 is 0 Å². The molecular weight excluding hydrogens is 250 g/mol. The number of para-hydroxylation sites is 1. The minimum absolute atomic E-state index is 0.333. The fourth-order valence-electron chi connectivity index (χ4n) is 2.15. The molecule has 0 radical (unpaired) electrons. The van der Waals surface area contributed by atoms with E-state index in [4.69, 9.17) is 0 Å². The minimum Gasteiger partial charge on any atom is -0.296 e. The van der Waals surface area contributed by atoms with E-state index in [2.05, 4.69) is 28.5 Å². The lowest BCUT2D eigenvalue weighted by molar-refractivity contribution is 0.111. The highest BCUT2D eigenvalue weighted by Gasteiger charge is 2.07. The molecule has 1 aromatic heterocycles. The van der Waals surface area contributed by atoms with Crippen LogP contribution in [0.15, 0.2) is 60.8 Å². The van der Waals surface area contributed by atoms with Gasteiger partial charge in [0.2, 0.25) is 0 Å². The molecule has 0 aliphatic carbocycles. The van der Waals surface area contributed by atoms with Gasteiger partial charge in [-0.2, -0.15) is 0 Å². The summed E-state index contributed by atoms with van der Waals surface area (Å²) in [6.07, 6.45) is 3.15. The van der Waals surface area contributed by atoms with Crippen LogP contribution in [0.25, 0.3) is 5.69 Å². The molecule has 0 bridgehead atoms. The van der Waals surface area contributed by atoms with Gasteiger partial charge in [0, 0.05) is 0 Å². The summed E-state index contributed by atoms with van der Waals surface area (Å²) < 4.78 is 1.64. The Labute approximate surface area is 116 Å². The zero-order chi connectivity index (χ0) is 13.8. The molecule has 2 aromatic carbocycles. The molecule has 0 amide bonds. The summed E-state index contributed by atoms with van der Waals surface area (Å²) in [5.74, 6) is 0. The Morgan fingerprint density at radius 3 is 2.50 bits per heavy atom. The van der Waals surface area contributed by atoms with Gasteiger partial charge < -0.3 is 0 Å². The highest BCUT2D eigenvalue weighted by atomic mass is 16.1. The molecule has 0 saturated carbocycles. The summed E-state index contributed by atoms with van der Waals surface area (Å²) >= 11 is 0. The van der Waals surface area contributed by atoms with E-state index in [1.807, 2.05) is 36.4 Å². The van der Waals surface area contributed by atoms with Crippen LogP contribution < -0.4 is 0 Å². The summed E-state index contributed by atoms with van der Waals surface area (Å²) in [7, 11) is 0. The molecule has 0 unspecified atom stereocenters. The van der Waals surface area contributed by atoms with Crippen LogP contribution in [0, 0.1) is 0 Å². The maximum absolute atomic E-state index is 10.7. The van der Waals surface area contributed by atoms with E-state index in [0.29, 0.717) is 12.0 Å². The van der Waals surface area contributed by atoms with Crippen molar-refractivity contribution in [3.63, 3.8) is 0 Å². The number of benzene rings is 2. The molecule has 98 valence electrons. The van der Waals surface area contributed by atoms with Crippen LogP contribution in [0.1, 0.15) is 21.6 Å². The highest BCUT2D eigenvalue weighted by Crippen LogP contribution is 2.17. The average Bonchev–Trinajstić information content (AvgIpc) is 2.98. The van der Waals surface area contributed by atoms with Crippen LogP contribution in [0.5, 0.6) is 0 Å². The zero-order valence-corrected chi connectivity index (χ0v) is 10.8. The van der Waals surface area contributed by atoms with Crippen molar-refractivity contribution in [1.82, 2.24) is 15.0 Å². The molecule has 4 heteroatoms. The molecule has 0 aliphatic heterocycles. The number of hydrogen-bond acceptors (Lipinski definition) is 3. The highest BCUT2D eigenvalue weighted by molar-refractivity contribution is 5.70. The van der Waals surface area contributed by atoms with Gasteiger partial charge in [-0.25, -0.2) is 4.68 Å². The van der Waals surface area contributed by atoms with E-state index in [1.165, 1.54) is 5.56 Å². The number of rotatable bonds is 4. The second kappa shape index (κ2) is 5.48. The zero-order valence-electron chi connectivity index (χ0n) is 10.8. The Morgan fingerprint density at radius 2 is 1.75 bits per heavy atom. The van der Waals surface area contributed by atoms with E-state index in [9.17, 15) is 4.79 Å². The van der Waals surface area contributed by atoms with E-state index in [1.54, 1.807) is 10.9 Å². The third-order valence-corrected chi connectivity index (χ3v) is 3.11. The molecule has 3 aromatic rings. The first-order valence-corrected chi connectivity index (χ1v) is 6.36. The Hall–Kier alpha value is -2.75. The SMILES string of the molecule is O=Cc1cn(-c2ccccc2Cc2ccccc2)nn1. The summed E-state index contributed by atoms with van der Waals surface area (Å²) in [5.41, 5.74) is 3.65. The fraction of sp³-hybridized carbons (Fsp3) is 0.0625. The second-order valence-corrected chi connectivity index (χ2v) is 4.50. The molecule has 0 spiro atoms. The Bertz CT molecular complexity index is 719. The summed E-state index contributed by atoms with van der Waals surface area (Å²) in [6, 6.07) is 18.2. The van der Waals surface area contributed by atoms with Crippen molar-refractivity contribution in [1.29, 1.82) is 0 Å². The van der Waals surface area contributed by atoms with Crippen molar-refractivity contribution < 1.29 is 4.79 Å². The molecule has 0 saturated heterocycles. The van der Waals surface area contributed by atoms with Crippen molar-refractivity contribution in [2.75, 3.05) is 0 Å². The summed E-state index contributed by atoms with van der Waals surface area (Å²) in [5, 5.41) is 7.80. The topological polar surface area (TPSA) is 47.8 Å². The molecule has 20 heavy (non-hydrogen) atoms. The Balaban J connectivity index is 1.98. The first-order valence-electron chi connectivity index (χ1n) is 6.36. The van der Waals surface area contributed by atoms with E-state index in [0.717, 1.165) is 17.7 Å². The normalized spacial score (nSPS) is 10.4. The molecule has 3 rings (SSSR count). The van der Waals surface area contributed by atoms with Crippen LogP contribution in [-0.2, 0) is 6.42 Å². The Morgan fingerprint density at radius 1 is 1.00 bits per heavy atom. The molecule has 1 heterocycles. The van der Waals surface area contributed by atoms with Crippen molar-refractivity contribution >= 4 is 6.29 Å². The Kier molecular flexibility index (Phi) is 3.37. The van der Waals surface area contributed by atoms with Crippen molar-refractivity contribution in [3.8, 4) is 5.69 Å².